The standard InChI is InChI=1S/C7H11N5O/c1-2-12-4-3-9-7(12)6(5-13)10-11-8/h3-4,6,13H,2,5H2,1H3. The molecule has 0 amide bonds. The van der Waals surface area contributed by atoms with Gasteiger partial charge in [-0.05, 0) is 12.5 Å². The highest BCUT2D eigenvalue weighted by Gasteiger charge is 2.13. The molecule has 0 fully saturated rings. The number of azide groups is 1. The number of aromatic nitrogens is 2. The quantitative estimate of drug-likeness (QED) is 0.430. The number of aliphatic hydroxyl groups is 1. The van der Waals surface area contributed by atoms with E-state index >= 15 is 0 Å². The third-order valence-electron chi connectivity index (χ3n) is 1.75. The van der Waals surface area contributed by atoms with Crippen LogP contribution in [0.5, 0.6) is 0 Å². The lowest BCUT2D eigenvalue weighted by atomic mass is 10.3. The maximum absolute atomic E-state index is 8.93. The van der Waals surface area contributed by atoms with Crippen molar-refractivity contribution in [3.8, 4) is 0 Å². The lowest BCUT2D eigenvalue weighted by Gasteiger charge is -2.08. The average Bonchev–Trinajstić information content (AvgIpc) is 2.61. The second-order valence-corrected chi connectivity index (χ2v) is 2.47. The molecule has 70 valence electrons. The van der Waals surface area contributed by atoms with Gasteiger partial charge in [0.15, 0.2) is 0 Å². The highest BCUT2D eigenvalue weighted by Crippen LogP contribution is 2.14. The molecule has 6 nitrogen and oxygen atoms in total. The summed E-state index contributed by atoms with van der Waals surface area (Å²) in [4.78, 5) is 6.66. The van der Waals surface area contributed by atoms with Crippen LogP contribution < -0.4 is 0 Å². The number of hydrogen-bond acceptors (Lipinski definition) is 3. The summed E-state index contributed by atoms with van der Waals surface area (Å²) in [5, 5.41) is 12.4. The molecule has 0 bridgehead atoms. The van der Waals surface area contributed by atoms with Gasteiger partial charge in [-0.3, -0.25) is 0 Å². The first-order valence-electron chi connectivity index (χ1n) is 3.99. The van der Waals surface area contributed by atoms with Crippen molar-refractivity contribution in [3.63, 3.8) is 0 Å². The third kappa shape index (κ3) is 1.99. The van der Waals surface area contributed by atoms with E-state index in [1.165, 1.54) is 0 Å². The Kier molecular flexibility index (Phi) is 3.31. The van der Waals surface area contributed by atoms with Gasteiger partial charge in [0.2, 0.25) is 0 Å². The summed E-state index contributed by atoms with van der Waals surface area (Å²) in [7, 11) is 0. The number of aliphatic hydroxyl groups excluding tert-OH is 1. The fourth-order valence-corrected chi connectivity index (χ4v) is 1.12. The Bertz CT molecular complexity index is 314. The summed E-state index contributed by atoms with van der Waals surface area (Å²) in [5.41, 5.74) is 8.24. The van der Waals surface area contributed by atoms with Crippen molar-refractivity contribution in [1.82, 2.24) is 9.55 Å². The Morgan fingerprint density at radius 3 is 3.15 bits per heavy atom. The van der Waals surface area contributed by atoms with E-state index in [1.54, 1.807) is 12.4 Å². The molecule has 1 aromatic heterocycles. The summed E-state index contributed by atoms with van der Waals surface area (Å²) < 4.78 is 1.83. The van der Waals surface area contributed by atoms with Gasteiger partial charge in [-0.1, -0.05) is 5.11 Å². The first-order chi connectivity index (χ1) is 6.33. The van der Waals surface area contributed by atoms with Crippen molar-refractivity contribution in [2.45, 2.75) is 19.5 Å². The minimum absolute atomic E-state index is 0.221. The van der Waals surface area contributed by atoms with Gasteiger partial charge in [0.05, 0.1) is 6.61 Å². The van der Waals surface area contributed by atoms with Gasteiger partial charge in [0.25, 0.3) is 0 Å². The molecule has 0 spiro atoms. The highest BCUT2D eigenvalue weighted by atomic mass is 16.3. The Balaban J connectivity index is 2.96. The molecule has 13 heavy (non-hydrogen) atoms. The van der Waals surface area contributed by atoms with Gasteiger partial charge in [0.1, 0.15) is 11.9 Å². The average molecular weight is 181 g/mol. The lowest BCUT2D eigenvalue weighted by molar-refractivity contribution is 0.261. The van der Waals surface area contributed by atoms with Crippen molar-refractivity contribution < 1.29 is 5.11 Å². The number of hydrogen-bond donors (Lipinski definition) is 1. The Labute approximate surface area is 75.5 Å². The van der Waals surface area contributed by atoms with E-state index in [4.69, 9.17) is 10.6 Å². The summed E-state index contributed by atoms with van der Waals surface area (Å²) in [5.74, 6) is 0.600. The predicted octanol–water partition coefficient (Wildman–Crippen LogP) is 1.25. The normalized spacial score (nSPS) is 12.2. The molecule has 0 aromatic carbocycles. The van der Waals surface area contributed by atoms with Crippen molar-refractivity contribution in [2.24, 2.45) is 5.11 Å². The van der Waals surface area contributed by atoms with E-state index < -0.39 is 6.04 Å². The molecule has 1 atom stereocenters. The van der Waals surface area contributed by atoms with Crippen LogP contribution in [-0.4, -0.2) is 21.3 Å². The predicted molar refractivity (Wildman–Crippen MR) is 46.9 cm³/mol. The van der Waals surface area contributed by atoms with E-state index in [9.17, 15) is 0 Å². The molecular weight excluding hydrogens is 170 g/mol. The van der Waals surface area contributed by atoms with Gasteiger partial charge in [-0.15, -0.1) is 0 Å². The number of aryl methyl sites for hydroxylation is 1. The lowest BCUT2D eigenvalue weighted by Crippen LogP contribution is -2.09. The van der Waals surface area contributed by atoms with E-state index in [2.05, 4.69) is 15.0 Å². The molecule has 1 rings (SSSR count). The van der Waals surface area contributed by atoms with Crippen LogP contribution in [0.3, 0.4) is 0 Å². The van der Waals surface area contributed by atoms with Crippen molar-refractivity contribution in [2.75, 3.05) is 6.61 Å². The van der Waals surface area contributed by atoms with Gasteiger partial charge >= 0.3 is 0 Å². The molecule has 0 saturated heterocycles. The summed E-state index contributed by atoms with van der Waals surface area (Å²) in [6.45, 7) is 2.48. The molecule has 0 aliphatic carbocycles. The van der Waals surface area contributed by atoms with Crippen LogP contribution in [0, 0.1) is 0 Å². The van der Waals surface area contributed by atoms with Gasteiger partial charge in [0, 0.05) is 23.9 Å². The fraction of sp³-hybridized carbons (Fsp3) is 0.571. The number of nitrogens with zero attached hydrogens (tertiary/aromatic N) is 5. The maximum Gasteiger partial charge on any atom is 0.119 e. The molecule has 0 saturated carbocycles. The van der Waals surface area contributed by atoms with Crippen LogP contribution in [0.1, 0.15) is 18.8 Å². The molecule has 0 aliphatic heterocycles. The molecule has 1 N–H and O–H groups in total. The van der Waals surface area contributed by atoms with Crippen molar-refractivity contribution in [1.29, 1.82) is 0 Å². The molecule has 1 heterocycles. The molecule has 0 aliphatic rings. The second kappa shape index (κ2) is 4.49. The minimum Gasteiger partial charge on any atom is -0.395 e. The summed E-state index contributed by atoms with van der Waals surface area (Å²) in [6, 6.07) is -0.583. The smallest absolute Gasteiger partial charge is 0.119 e. The number of imidazole rings is 1. The number of rotatable bonds is 4. The van der Waals surface area contributed by atoms with Crippen LogP contribution in [-0.2, 0) is 6.54 Å². The zero-order chi connectivity index (χ0) is 9.68. The van der Waals surface area contributed by atoms with Crippen LogP contribution in [0.4, 0.5) is 0 Å². The highest BCUT2D eigenvalue weighted by molar-refractivity contribution is 4.99. The SMILES string of the molecule is CCn1ccnc1C(CO)N=[N+]=[N-]. The molecule has 1 aromatic rings. The van der Waals surface area contributed by atoms with Crippen LogP contribution in [0.2, 0.25) is 0 Å². The fourth-order valence-electron chi connectivity index (χ4n) is 1.12. The molecule has 1 unspecified atom stereocenters. The Morgan fingerprint density at radius 1 is 1.85 bits per heavy atom. The van der Waals surface area contributed by atoms with E-state index in [-0.39, 0.29) is 6.61 Å². The van der Waals surface area contributed by atoms with Crippen LogP contribution in [0.25, 0.3) is 10.4 Å². The van der Waals surface area contributed by atoms with Crippen LogP contribution >= 0.6 is 0 Å². The second-order valence-electron chi connectivity index (χ2n) is 2.47. The molecular formula is C7H11N5O. The zero-order valence-electron chi connectivity index (χ0n) is 7.33. The topological polar surface area (TPSA) is 86.8 Å². The monoisotopic (exact) mass is 181 g/mol. The zero-order valence-corrected chi connectivity index (χ0v) is 7.33. The molecule has 0 radical (unpaired) electrons. The van der Waals surface area contributed by atoms with Crippen molar-refractivity contribution >= 4 is 0 Å². The van der Waals surface area contributed by atoms with E-state index in [0.29, 0.717) is 5.82 Å². The van der Waals surface area contributed by atoms with Gasteiger partial charge in [-0.25, -0.2) is 4.98 Å². The summed E-state index contributed by atoms with van der Waals surface area (Å²) in [6.07, 6.45) is 3.40. The Morgan fingerprint density at radius 2 is 2.62 bits per heavy atom. The Hall–Kier alpha value is -1.52. The van der Waals surface area contributed by atoms with E-state index in [1.807, 2.05) is 11.5 Å². The largest absolute Gasteiger partial charge is 0.395 e. The van der Waals surface area contributed by atoms with Crippen LogP contribution in [0.15, 0.2) is 17.5 Å². The first-order valence-corrected chi connectivity index (χ1v) is 3.99. The van der Waals surface area contributed by atoms with E-state index in [0.717, 1.165) is 6.54 Å². The summed E-state index contributed by atoms with van der Waals surface area (Å²) >= 11 is 0. The van der Waals surface area contributed by atoms with Gasteiger partial charge in [-0.2, -0.15) is 0 Å². The first kappa shape index (κ1) is 9.57. The van der Waals surface area contributed by atoms with Gasteiger partial charge < -0.3 is 9.67 Å². The molecule has 6 heteroatoms. The minimum atomic E-state index is -0.583. The maximum atomic E-state index is 8.93. The van der Waals surface area contributed by atoms with Crippen molar-refractivity contribution in [3.05, 3.63) is 28.7 Å². The third-order valence-corrected chi connectivity index (χ3v) is 1.75.